The second kappa shape index (κ2) is 9.74. The Hall–Kier alpha value is -4.37. The summed E-state index contributed by atoms with van der Waals surface area (Å²) >= 11 is 6.46. The molecule has 0 spiro atoms. The molecule has 4 aromatic rings. The van der Waals surface area contributed by atoms with Crippen LogP contribution in [0.4, 0.5) is 22.7 Å². The fourth-order valence-corrected chi connectivity index (χ4v) is 4.93. The van der Waals surface area contributed by atoms with E-state index in [9.17, 15) is 19.2 Å². The molecule has 200 valence electrons. The van der Waals surface area contributed by atoms with Gasteiger partial charge in [0.25, 0.3) is 23.2 Å². The van der Waals surface area contributed by atoms with Crippen LogP contribution in [0.5, 0.6) is 5.75 Å². The number of ether oxygens (including phenoxy) is 1. The molecule has 9 nitrogen and oxygen atoms in total. The zero-order valence-corrected chi connectivity index (χ0v) is 22.5. The highest BCUT2D eigenvalue weighted by Gasteiger charge is 2.36. The average molecular weight is 548 g/mol. The van der Waals surface area contributed by atoms with Crippen LogP contribution in [0.25, 0.3) is 0 Å². The number of hydrogen-bond donors (Lipinski definition) is 2. The van der Waals surface area contributed by atoms with E-state index in [4.69, 9.17) is 20.8 Å². The standard InChI is InChI=1S/C29H26ClN3O6/c1-15-5-12-21(39-15)27(29(2,3)4)32-24-23(25(35)26(24)36)31-20-11-10-19(30)18-13-33(28(37)22(18)20)16-6-8-17(9-7-16)38-14-34/h5-12,14,27,31-32H,13H2,1-4H3/t27-/m0/s1. The van der Waals surface area contributed by atoms with Crippen molar-refractivity contribution < 1.29 is 18.7 Å². The fraction of sp³-hybridized carbons (Fsp3) is 0.241. The zero-order valence-electron chi connectivity index (χ0n) is 21.8. The number of amides is 1. The van der Waals surface area contributed by atoms with Gasteiger partial charge < -0.3 is 24.7 Å². The molecule has 1 amide bonds. The summed E-state index contributed by atoms with van der Waals surface area (Å²) in [7, 11) is 0. The third-order valence-electron chi connectivity index (χ3n) is 6.73. The van der Waals surface area contributed by atoms with E-state index in [1.165, 1.54) is 4.90 Å². The van der Waals surface area contributed by atoms with Crippen LogP contribution in [0.3, 0.4) is 0 Å². The SMILES string of the molecule is Cc1ccc([C@H](Nc2c(Nc3ccc(Cl)c4c3C(=O)N(c3ccc(OC=O)cc3)C4)c(=O)c2=O)C(C)(C)C)o1. The zero-order chi connectivity index (χ0) is 28.1. The topological polar surface area (TPSA) is 118 Å². The number of benzene rings is 2. The first-order chi connectivity index (χ1) is 18.5. The normalized spacial score (nSPS) is 13.9. The minimum absolute atomic E-state index is 0.0728. The van der Waals surface area contributed by atoms with Crippen LogP contribution in [0, 0.1) is 12.3 Å². The number of rotatable bonds is 8. The fourth-order valence-electron chi connectivity index (χ4n) is 4.71. The van der Waals surface area contributed by atoms with E-state index >= 15 is 0 Å². The van der Waals surface area contributed by atoms with Gasteiger partial charge >= 0.3 is 0 Å². The van der Waals surface area contributed by atoms with E-state index in [0.29, 0.717) is 45.5 Å². The van der Waals surface area contributed by atoms with Crippen LogP contribution in [-0.4, -0.2) is 12.4 Å². The van der Waals surface area contributed by atoms with Crippen LogP contribution in [-0.2, 0) is 11.3 Å². The Morgan fingerprint density at radius 1 is 1.00 bits per heavy atom. The van der Waals surface area contributed by atoms with Gasteiger partial charge in [-0.05, 0) is 60.9 Å². The van der Waals surface area contributed by atoms with Crippen molar-refractivity contribution in [3.8, 4) is 5.75 Å². The lowest BCUT2D eigenvalue weighted by atomic mass is 9.85. The molecule has 39 heavy (non-hydrogen) atoms. The van der Waals surface area contributed by atoms with E-state index in [1.54, 1.807) is 36.4 Å². The van der Waals surface area contributed by atoms with Gasteiger partial charge in [-0.2, -0.15) is 0 Å². The van der Waals surface area contributed by atoms with Gasteiger partial charge in [0, 0.05) is 16.3 Å². The Morgan fingerprint density at radius 3 is 2.31 bits per heavy atom. The lowest BCUT2D eigenvalue weighted by Gasteiger charge is -2.31. The maximum absolute atomic E-state index is 13.5. The quantitative estimate of drug-likeness (QED) is 0.220. The third-order valence-corrected chi connectivity index (χ3v) is 7.09. The number of halogens is 1. The van der Waals surface area contributed by atoms with Crippen molar-refractivity contribution in [3.63, 3.8) is 0 Å². The molecular weight excluding hydrogens is 522 g/mol. The molecule has 1 aliphatic rings. The van der Waals surface area contributed by atoms with Crippen molar-refractivity contribution in [2.75, 3.05) is 15.5 Å². The molecule has 1 aliphatic heterocycles. The highest BCUT2D eigenvalue weighted by Crippen LogP contribution is 2.40. The number of furan rings is 1. The molecule has 3 aromatic carbocycles. The first-order valence-electron chi connectivity index (χ1n) is 12.3. The Balaban J connectivity index is 1.47. The highest BCUT2D eigenvalue weighted by atomic mass is 35.5. The molecule has 0 radical (unpaired) electrons. The van der Waals surface area contributed by atoms with Crippen LogP contribution < -0.4 is 31.1 Å². The summed E-state index contributed by atoms with van der Waals surface area (Å²) in [5.41, 5.74) is 0.355. The molecule has 0 saturated carbocycles. The second-order valence-corrected chi connectivity index (χ2v) is 10.9. The van der Waals surface area contributed by atoms with E-state index in [2.05, 4.69) is 10.6 Å². The van der Waals surface area contributed by atoms with Gasteiger partial charge in [-0.1, -0.05) is 32.4 Å². The molecule has 0 aliphatic carbocycles. The Labute approximate surface area is 229 Å². The number of fused-ring (bicyclic) bond motifs is 1. The van der Waals surface area contributed by atoms with Crippen LogP contribution in [0.2, 0.25) is 5.02 Å². The van der Waals surface area contributed by atoms with Gasteiger partial charge in [-0.25, -0.2) is 0 Å². The van der Waals surface area contributed by atoms with Gasteiger partial charge in [0.15, 0.2) is 0 Å². The first kappa shape index (κ1) is 26.2. The van der Waals surface area contributed by atoms with Crippen molar-refractivity contribution in [3.05, 3.63) is 96.6 Å². The second-order valence-electron chi connectivity index (χ2n) is 10.5. The maximum Gasteiger partial charge on any atom is 0.298 e. The summed E-state index contributed by atoms with van der Waals surface area (Å²) in [4.78, 5) is 51.0. The van der Waals surface area contributed by atoms with Crippen molar-refractivity contribution in [2.24, 2.45) is 5.41 Å². The molecule has 1 aromatic heterocycles. The van der Waals surface area contributed by atoms with Crippen molar-refractivity contribution in [2.45, 2.75) is 40.3 Å². The van der Waals surface area contributed by atoms with Crippen LogP contribution in [0.1, 0.15) is 54.3 Å². The van der Waals surface area contributed by atoms with E-state index in [0.717, 1.165) is 5.76 Å². The molecule has 0 fully saturated rings. The molecule has 0 saturated heterocycles. The van der Waals surface area contributed by atoms with E-state index in [-0.39, 0.29) is 29.2 Å². The number of hydrogen-bond acceptors (Lipinski definition) is 8. The van der Waals surface area contributed by atoms with E-state index < -0.39 is 16.9 Å². The van der Waals surface area contributed by atoms with Gasteiger partial charge in [-0.15, -0.1) is 0 Å². The molecular formula is C29H26ClN3O6. The van der Waals surface area contributed by atoms with Crippen molar-refractivity contribution in [1.82, 2.24) is 0 Å². The summed E-state index contributed by atoms with van der Waals surface area (Å²) in [5.74, 6) is 1.39. The van der Waals surface area contributed by atoms with Gasteiger partial charge in [0.2, 0.25) is 0 Å². The number of carbonyl (C=O) groups is 2. The summed E-state index contributed by atoms with van der Waals surface area (Å²) in [6.45, 7) is 8.36. The van der Waals surface area contributed by atoms with Gasteiger partial charge in [0.05, 0.1) is 23.8 Å². The van der Waals surface area contributed by atoms with Crippen LogP contribution >= 0.6 is 11.6 Å². The Kier molecular flexibility index (Phi) is 6.56. The molecule has 1 atom stereocenters. The molecule has 5 rings (SSSR count). The monoisotopic (exact) mass is 547 g/mol. The summed E-state index contributed by atoms with van der Waals surface area (Å²) < 4.78 is 10.7. The van der Waals surface area contributed by atoms with E-state index in [1.807, 2.05) is 39.8 Å². The molecule has 2 heterocycles. The summed E-state index contributed by atoms with van der Waals surface area (Å²) in [6.07, 6.45) is 0. The number of anilines is 4. The predicted molar refractivity (Wildman–Crippen MR) is 149 cm³/mol. The number of carbonyl (C=O) groups excluding carboxylic acids is 2. The van der Waals surface area contributed by atoms with Crippen molar-refractivity contribution in [1.29, 1.82) is 0 Å². The molecule has 0 bridgehead atoms. The summed E-state index contributed by atoms with van der Waals surface area (Å²) in [5, 5.41) is 6.64. The predicted octanol–water partition coefficient (Wildman–Crippen LogP) is 5.48. The molecule has 2 N–H and O–H groups in total. The molecule has 10 heteroatoms. The number of nitrogens with one attached hydrogen (secondary N) is 2. The lowest BCUT2D eigenvalue weighted by Crippen LogP contribution is -2.39. The smallest absolute Gasteiger partial charge is 0.298 e. The Bertz CT molecular complexity index is 1660. The van der Waals surface area contributed by atoms with Gasteiger partial charge in [-0.3, -0.25) is 19.2 Å². The summed E-state index contributed by atoms with van der Waals surface area (Å²) in [6, 6.07) is 13.0. The maximum atomic E-state index is 13.5. The minimum Gasteiger partial charge on any atom is -0.464 e. The largest absolute Gasteiger partial charge is 0.464 e. The minimum atomic E-state index is -0.683. The Morgan fingerprint density at radius 2 is 1.69 bits per heavy atom. The highest BCUT2D eigenvalue weighted by molar-refractivity contribution is 6.33. The van der Waals surface area contributed by atoms with Crippen LogP contribution in [0.15, 0.2) is 62.5 Å². The van der Waals surface area contributed by atoms with Crippen molar-refractivity contribution >= 4 is 46.7 Å². The number of aryl methyl sites for hydroxylation is 1. The average Bonchev–Trinajstić information content (AvgIpc) is 3.48. The van der Waals surface area contributed by atoms with Gasteiger partial charge in [0.1, 0.15) is 28.6 Å². The first-order valence-corrected chi connectivity index (χ1v) is 12.6. The lowest BCUT2D eigenvalue weighted by molar-refractivity contribution is -0.120. The third kappa shape index (κ3) is 4.70. The molecule has 0 unspecified atom stereocenters. The number of nitrogens with zero attached hydrogens (tertiary/aromatic N) is 1.